The number of nitrogens with one attached hydrogen (secondary N) is 3. The maximum absolute atomic E-state index is 12.2. The monoisotopic (exact) mass is 624 g/mol. The van der Waals surface area contributed by atoms with Gasteiger partial charge in [-0.15, -0.1) is 0 Å². The number of halogens is 2. The molecule has 1 aromatic heterocycles. The molecule has 0 unspecified atom stereocenters. The van der Waals surface area contributed by atoms with Gasteiger partial charge >= 0.3 is 0 Å². The number of nitro groups is 2. The molecule has 5 N–H and O–H groups in total. The van der Waals surface area contributed by atoms with E-state index in [1.165, 1.54) is 0 Å². The van der Waals surface area contributed by atoms with Crippen molar-refractivity contribution in [3.8, 4) is 0 Å². The highest BCUT2D eigenvalue weighted by molar-refractivity contribution is 7.86. The standard InChI is InChI=1S/C17H14Cl2N8O10S2/c1-2-20-16-23-15(19)24-17(25-16)22-10-5-13(38(32,33)34)9(4-14(10)39(35,36)37)21-8-3-7(18)11(26(28)29)6-12(8)27(30)31/h3-6,21H,2H2,1H3,(H,32,33,34)(H,35,36,37)(H2,20,22,23,24,25). The molecular formula is C17H14Cl2N8O10S2. The van der Waals surface area contributed by atoms with E-state index in [9.17, 15) is 46.2 Å². The van der Waals surface area contributed by atoms with Gasteiger partial charge in [0.2, 0.25) is 17.2 Å². The molecule has 0 spiro atoms. The third kappa shape index (κ3) is 6.93. The SMILES string of the molecule is CCNc1nc(Cl)nc(Nc2cc(S(=O)(=O)O)c(Nc3cc(Cl)c([N+](=O)[O-])cc3[N+](=O)[O-])cc2S(=O)(=O)O)n1. The van der Waals surface area contributed by atoms with Crippen LogP contribution in [0.3, 0.4) is 0 Å². The Hall–Kier alpha value is -3.95. The molecule has 39 heavy (non-hydrogen) atoms. The highest BCUT2D eigenvalue weighted by atomic mass is 35.5. The fraction of sp³-hybridized carbons (Fsp3) is 0.118. The highest BCUT2D eigenvalue weighted by Gasteiger charge is 2.28. The lowest BCUT2D eigenvalue weighted by molar-refractivity contribution is -0.393. The lowest BCUT2D eigenvalue weighted by atomic mass is 10.2. The van der Waals surface area contributed by atoms with Crippen molar-refractivity contribution in [1.82, 2.24) is 15.0 Å². The van der Waals surface area contributed by atoms with Crippen molar-refractivity contribution in [2.45, 2.75) is 16.7 Å². The Kier molecular flexibility index (Phi) is 8.38. The molecule has 0 aliphatic heterocycles. The largest absolute Gasteiger partial charge is 0.354 e. The van der Waals surface area contributed by atoms with Crippen LogP contribution < -0.4 is 16.0 Å². The van der Waals surface area contributed by atoms with E-state index in [2.05, 4.69) is 30.9 Å². The summed E-state index contributed by atoms with van der Waals surface area (Å²) in [5.41, 5.74) is -3.90. The number of anilines is 5. The predicted molar refractivity (Wildman–Crippen MR) is 136 cm³/mol. The predicted octanol–water partition coefficient (Wildman–Crippen LogP) is 3.41. The van der Waals surface area contributed by atoms with E-state index in [1.54, 1.807) is 6.92 Å². The van der Waals surface area contributed by atoms with Crippen LogP contribution in [0.5, 0.6) is 0 Å². The van der Waals surface area contributed by atoms with Crippen LogP contribution in [0.25, 0.3) is 0 Å². The Balaban J connectivity index is 2.26. The first-order chi connectivity index (χ1) is 18.0. The summed E-state index contributed by atoms with van der Waals surface area (Å²) in [4.78, 5) is 29.9. The van der Waals surface area contributed by atoms with E-state index in [4.69, 9.17) is 23.2 Å². The minimum atomic E-state index is -5.20. The first kappa shape index (κ1) is 29.6. The summed E-state index contributed by atoms with van der Waals surface area (Å²) in [6, 6.07) is 2.24. The van der Waals surface area contributed by atoms with E-state index in [0.717, 1.165) is 0 Å². The van der Waals surface area contributed by atoms with Gasteiger partial charge in [0, 0.05) is 6.54 Å². The van der Waals surface area contributed by atoms with Crippen LogP contribution in [0.4, 0.5) is 40.3 Å². The van der Waals surface area contributed by atoms with Crippen molar-refractivity contribution in [1.29, 1.82) is 0 Å². The number of benzene rings is 2. The van der Waals surface area contributed by atoms with Crippen molar-refractivity contribution in [2.24, 2.45) is 0 Å². The molecule has 0 amide bonds. The molecule has 3 aromatic rings. The molecule has 0 atom stereocenters. The number of hydrogen-bond donors (Lipinski definition) is 5. The Morgan fingerprint density at radius 3 is 1.79 bits per heavy atom. The van der Waals surface area contributed by atoms with Crippen molar-refractivity contribution in [2.75, 3.05) is 22.5 Å². The van der Waals surface area contributed by atoms with Crippen LogP contribution in [0.15, 0.2) is 34.1 Å². The number of nitro benzene ring substituents is 2. The van der Waals surface area contributed by atoms with Gasteiger partial charge in [-0.3, -0.25) is 29.3 Å². The first-order valence-electron chi connectivity index (χ1n) is 9.96. The minimum absolute atomic E-state index is 0.0518. The summed E-state index contributed by atoms with van der Waals surface area (Å²) in [6.45, 7) is 2.05. The van der Waals surface area contributed by atoms with Gasteiger partial charge in [0.1, 0.15) is 20.5 Å². The van der Waals surface area contributed by atoms with Crippen LogP contribution in [0.1, 0.15) is 6.92 Å². The first-order valence-corrected chi connectivity index (χ1v) is 13.6. The summed E-state index contributed by atoms with van der Waals surface area (Å²) in [5, 5.41) is 28.9. The Morgan fingerprint density at radius 1 is 0.795 bits per heavy atom. The van der Waals surface area contributed by atoms with Gasteiger partial charge in [-0.25, -0.2) is 0 Å². The third-order valence-electron chi connectivity index (χ3n) is 4.55. The van der Waals surface area contributed by atoms with E-state index in [-0.39, 0.29) is 11.2 Å². The topological polar surface area (TPSA) is 270 Å². The van der Waals surface area contributed by atoms with Gasteiger partial charge in [0.15, 0.2) is 0 Å². The van der Waals surface area contributed by atoms with E-state index < -0.39 is 79.3 Å². The molecule has 0 aliphatic carbocycles. The molecule has 2 aromatic carbocycles. The molecule has 18 nitrogen and oxygen atoms in total. The Bertz CT molecular complexity index is 1720. The fourth-order valence-corrected chi connectivity index (χ4v) is 4.73. The zero-order chi connectivity index (χ0) is 29.3. The molecule has 1 heterocycles. The molecule has 0 radical (unpaired) electrons. The lowest BCUT2D eigenvalue weighted by Gasteiger charge is -2.16. The van der Waals surface area contributed by atoms with Crippen molar-refractivity contribution in [3.05, 3.63) is 54.8 Å². The second-order valence-corrected chi connectivity index (χ2v) is 10.7. The summed E-state index contributed by atoms with van der Waals surface area (Å²) < 4.78 is 68.3. The van der Waals surface area contributed by atoms with Gasteiger partial charge in [0.05, 0.1) is 27.3 Å². The van der Waals surface area contributed by atoms with E-state index in [1.807, 2.05) is 0 Å². The van der Waals surface area contributed by atoms with Crippen molar-refractivity contribution in [3.63, 3.8) is 0 Å². The Labute approximate surface area is 228 Å². The van der Waals surface area contributed by atoms with Gasteiger partial charge in [0.25, 0.3) is 31.6 Å². The third-order valence-corrected chi connectivity index (χ3v) is 6.81. The van der Waals surface area contributed by atoms with Gasteiger partial charge in [-0.05, 0) is 36.7 Å². The smallest absolute Gasteiger partial charge is 0.299 e. The molecule has 0 saturated heterocycles. The van der Waals surface area contributed by atoms with E-state index >= 15 is 0 Å². The minimum Gasteiger partial charge on any atom is -0.354 e. The molecular weight excluding hydrogens is 611 g/mol. The quantitative estimate of drug-likeness (QED) is 0.123. The Morgan fingerprint density at radius 2 is 1.31 bits per heavy atom. The zero-order valence-electron chi connectivity index (χ0n) is 19.0. The molecule has 0 fully saturated rings. The molecule has 3 rings (SSSR count). The molecule has 22 heteroatoms. The second kappa shape index (κ2) is 11.0. The maximum Gasteiger partial charge on any atom is 0.299 e. The van der Waals surface area contributed by atoms with Crippen molar-refractivity contribution < 1.29 is 35.8 Å². The molecule has 0 aliphatic rings. The summed E-state index contributed by atoms with van der Waals surface area (Å²) in [6.07, 6.45) is 0. The van der Waals surface area contributed by atoms with Gasteiger partial charge in [-0.2, -0.15) is 31.8 Å². The van der Waals surface area contributed by atoms with E-state index in [0.29, 0.717) is 30.8 Å². The second-order valence-electron chi connectivity index (χ2n) is 7.16. The van der Waals surface area contributed by atoms with Crippen molar-refractivity contribution >= 4 is 83.8 Å². The van der Waals surface area contributed by atoms with Crippen LogP contribution in [-0.2, 0) is 20.2 Å². The highest BCUT2D eigenvalue weighted by Crippen LogP contribution is 2.40. The van der Waals surface area contributed by atoms with Crippen LogP contribution >= 0.6 is 23.2 Å². The number of aromatic nitrogens is 3. The normalized spacial score (nSPS) is 11.6. The summed E-state index contributed by atoms with van der Waals surface area (Å²) in [5.74, 6) is -0.459. The zero-order valence-corrected chi connectivity index (χ0v) is 22.1. The number of rotatable bonds is 10. The van der Waals surface area contributed by atoms with Crippen LogP contribution in [0, 0.1) is 20.2 Å². The molecule has 208 valence electrons. The van der Waals surface area contributed by atoms with Gasteiger partial charge < -0.3 is 16.0 Å². The average molecular weight is 625 g/mol. The fourth-order valence-electron chi connectivity index (χ4n) is 3.03. The summed E-state index contributed by atoms with van der Waals surface area (Å²) >= 11 is 11.6. The maximum atomic E-state index is 12.2. The number of nitrogens with zero attached hydrogens (tertiary/aromatic N) is 5. The molecule has 0 bridgehead atoms. The number of hydrogen-bond acceptors (Lipinski definition) is 14. The lowest BCUT2D eigenvalue weighted by Crippen LogP contribution is -2.12. The summed E-state index contributed by atoms with van der Waals surface area (Å²) in [7, 11) is -10.4. The van der Waals surface area contributed by atoms with Crippen LogP contribution in [-0.4, -0.2) is 57.3 Å². The van der Waals surface area contributed by atoms with Gasteiger partial charge in [-0.1, -0.05) is 11.6 Å². The average Bonchev–Trinajstić information content (AvgIpc) is 2.77. The molecule has 0 saturated carbocycles. The van der Waals surface area contributed by atoms with Crippen LogP contribution in [0.2, 0.25) is 10.3 Å².